The third-order valence-electron chi connectivity index (χ3n) is 5.93. The number of nitrogens with zero attached hydrogens (tertiary/aromatic N) is 2. The van der Waals surface area contributed by atoms with Gasteiger partial charge in [0.25, 0.3) is 0 Å². The van der Waals surface area contributed by atoms with Gasteiger partial charge in [-0.15, -0.1) is 0 Å². The molecule has 2 aliphatic carbocycles. The first-order chi connectivity index (χ1) is 12.2. The summed E-state index contributed by atoms with van der Waals surface area (Å²) >= 11 is 0. The molecule has 2 aromatic rings. The molecule has 0 radical (unpaired) electrons. The highest BCUT2D eigenvalue weighted by Gasteiger charge is 2.51. The zero-order valence-corrected chi connectivity index (χ0v) is 14.7. The van der Waals surface area contributed by atoms with Crippen molar-refractivity contribution in [1.29, 1.82) is 0 Å². The van der Waals surface area contributed by atoms with Crippen molar-refractivity contribution in [1.82, 2.24) is 20.2 Å². The standard InChI is InChI=1S/C20H26N4O/c1-15(18-21-12-13-24(18)17-7-3-2-4-8-17)23-19(25)22-14-16-6-5-9-20(16)10-11-20/h2-4,7-8,12-13,15-16H,5-6,9-11,14H2,1H3,(H2,22,23,25). The Morgan fingerprint density at radius 3 is 2.88 bits per heavy atom. The average Bonchev–Trinajstić information content (AvgIpc) is 3.07. The third-order valence-corrected chi connectivity index (χ3v) is 5.93. The molecule has 2 fully saturated rings. The first kappa shape index (κ1) is 16.2. The Kier molecular flexibility index (Phi) is 4.24. The van der Waals surface area contributed by atoms with E-state index in [1.165, 1.54) is 32.1 Å². The maximum Gasteiger partial charge on any atom is 0.315 e. The number of hydrogen-bond donors (Lipinski definition) is 2. The van der Waals surface area contributed by atoms with Crippen LogP contribution in [0.25, 0.3) is 5.69 Å². The monoisotopic (exact) mass is 338 g/mol. The molecule has 2 N–H and O–H groups in total. The van der Waals surface area contributed by atoms with Crippen LogP contribution < -0.4 is 10.6 Å². The molecular weight excluding hydrogens is 312 g/mol. The molecule has 0 bridgehead atoms. The number of para-hydroxylation sites is 1. The van der Waals surface area contributed by atoms with E-state index in [-0.39, 0.29) is 12.1 Å². The molecular formula is C20H26N4O. The molecule has 2 unspecified atom stereocenters. The van der Waals surface area contributed by atoms with E-state index in [1.54, 1.807) is 6.20 Å². The van der Waals surface area contributed by atoms with Crippen LogP contribution in [0.1, 0.15) is 50.9 Å². The van der Waals surface area contributed by atoms with Crippen LogP contribution in [0.15, 0.2) is 42.7 Å². The molecule has 25 heavy (non-hydrogen) atoms. The summed E-state index contributed by atoms with van der Waals surface area (Å²) in [5, 5.41) is 6.12. The van der Waals surface area contributed by atoms with Gasteiger partial charge in [-0.25, -0.2) is 9.78 Å². The lowest BCUT2D eigenvalue weighted by atomic mass is 9.93. The number of amides is 2. The van der Waals surface area contributed by atoms with Gasteiger partial charge in [-0.05, 0) is 56.1 Å². The number of aromatic nitrogens is 2. The van der Waals surface area contributed by atoms with Gasteiger partial charge in [-0.2, -0.15) is 0 Å². The van der Waals surface area contributed by atoms with E-state index >= 15 is 0 Å². The van der Waals surface area contributed by atoms with Gasteiger partial charge in [0, 0.05) is 24.6 Å². The quantitative estimate of drug-likeness (QED) is 0.871. The lowest BCUT2D eigenvalue weighted by molar-refractivity contribution is 0.232. The van der Waals surface area contributed by atoms with Crippen molar-refractivity contribution in [3.05, 3.63) is 48.5 Å². The van der Waals surface area contributed by atoms with Crippen LogP contribution >= 0.6 is 0 Å². The molecule has 2 aliphatic rings. The molecule has 5 heteroatoms. The van der Waals surface area contributed by atoms with Gasteiger partial charge in [0.15, 0.2) is 0 Å². The summed E-state index contributed by atoms with van der Waals surface area (Å²) in [6.45, 7) is 2.77. The van der Waals surface area contributed by atoms with Crippen molar-refractivity contribution in [2.24, 2.45) is 11.3 Å². The predicted molar refractivity (Wildman–Crippen MR) is 97.5 cm³/mol. The van der Waals surface area contributed by atoms with Crippen LogP contribution in [0.4, 0.5) is 4.79 Å². The summed E-state index contributed by atoms with van der Waals surface area (Å²) in [5.41, 5.74) is 1.62. The number of rotatable bonds is 5. The summed E-state index contributed by atoms with van der Waals surface area (Å²) in [6, 6.07) is 9.80. The Balaban J connectivity index is 1.35. The van der Waals surface area contributed by atoms with Crippen molar-refractivity contribution in [2.45, 2.75) is 45.1 Å². The summed E-state index contributed by atoms with van der Waals surface area (Å²) in [7, 11) is 0. The van der Waals surface area contributed by atoms with Crippen molar-refractivity contribution in [2.75, 3.05) is 6.54 Å². The first-order valence-electron chi connectivity index (χ1n) is 9.31. The number of carbonyl (C=O) groups excluding carboxylic acids is 1. The molecule has 1 aromatic carbocycles. The highest BCUT2D eigenvalue weighted by molar-refractivity contribution is 5.74. The van der Waals surface area contributed by atoms with E-state index in [4.69, 9.17) is 0 Å². The lowest BCUT2D eigenvalue weighted by Crippen LogP contribution is -2.40. The fourth-order valence-electron chi connectivity index (χ4n) is 4.32. The molecule has 1 aromatic heterocycles. The first-order valence-corrected chi connectivity index (χ1v) is 9.31. The zero-order chi connectivity index (χ0) is 17.3. The van der Waals surface area contributed by atoms with E-state index in [1.807, 2.05) is 48.0 Å². The van der Waals surface area contributed by atoms with Crippen molar-refractivity contribution < 1.29 is 4.79 Å². The largest absolute Gasteiger partial charge is 0.338 e. The van der Waals surface area contributed by atoms with Crippen LogP contribution in [0, 0.1) is 11.3 Å². The van der Waals surface area contributed by atoms with E-state index < -0.39 is 0 Å². The number of imidazole rings is 1. The van der Waals surface area contributed by atoms with Gasteiger partial charge in [-0.1, -0.05) is 24.6 Å². The lowest BCUT2D eigenvalue weighted by Gasteiger charge is -2.20. The number of nitrogens with one attached hydrogen (secondary N) is 2. The number of hydrogen-bond acceptors (Lipinski definition) is 2. The van der Waals surface area contributed by atoms with Crippen LogP contribution in [-0.2, 0) is 0 Å². The molecule has 0 aliphatic heterocycles. The summed E-state index contributed by atoms with van der Waals surface area (Å²) in [4.78, 5) is 16.8. The Labute approximate surface area is 148 Å². The molecule has 2 atom stereocenters. The third kappa shape index (κ3) is 3.28. The molecule has 1 heterocycles. The van der Waals surface area contributed by atoms with Crippen molar-refractivity contribution in [3.8, 4) is 5.69 Å². The molecule has 2 saturated carbocycles. The Hall–Kier alpha value is -2.30. The normalized spacial score (nSPS) is 21.9. The number of benzene rings is 1. The maximum atomic E-state index is 12.3. The van der Waals surface area contributed by atoms with Crippen molar-refractivity contribution >= 4 is 6.03 Å². The smallest absolute Gasteiger partial charge is 0.315 e. The topological polar surface area (TPSA) is 59.0 Å². The Morgan fingerprint density at radius 2 is 2.12 bits per heavy atom. The van der Waals surface area contributed by atoms with Crippen LogP contribution in [0.3, 0.4) is 0 Å². The molecule has 132 valence electrons. The van der Waals surface area contributed by atoms with Gasteiger partial charge < -0.3 is 15.2 Å². The van der Waals surface area contributed by atoms with Gasteiger partial charge in [-0.3, -0.25) is 0 Å². The second kappa shape index (κ2) is 6.54. The molecule has 2 amide bonds. The summed E-state index contributed by atoms with van der Waals surface area (Å²) in [6.07, 6.45) is 10.3. The van der Waals surface area contributed by atoms with E-state index in [0.29, 0.717) is 11.3 Å². The summed E-state index contributed by atoms with van der Waals surface area (Å²) in [5.74, 6) is 1.50. The maximum absolute atomic E-state index is 12.3. The second-order valence-electron chi connectivity index (χ2n) is 7.52. The highest BCUT2D eigenvalue weighted by Crippen LogP contribution is 2.60. The Morgan fingerprint density at radius 1 is 1.32 bits per heavy atom. The van der Waals surface area contributed by atoms with Crippen LogP contribution in [0.5, 0.6) is 0 Å². The van der Waals surface area contributed by atoms with E-state index in [2.05, 4.69) is 15.6 Å². The number of urea groups is 1. The highest BCUT2D eigenvalue weighted by atomic mass is 16.2. The predicted octanol–water partition coefficient (Wildman–Crippen LogP) is 3.81. The fourth-order valence-corrected chi connectivity index (χ4v) is 4.32. The zero-order valence-electron chi connectivity index (χ0n) is 14.7. The van der Waals surface area contributed by atoms with Gasteiger partial charge in [0.05, 0.1) is 6.04 Å². The minimum atomic E-state index is -0.159. The SMILES string of the molecule is CC(NC(=O)NCC1CCCC12CC2)c1nccn1-c1ccccc1. The van der Waals surface area contributed by atoms with E-state index in [0.717, 1.165) is 18.1 Å². The van der Waals surface area contributed by atoms with E-state index in [9.17, 15) is 4.79 Å². The van der Waals surface area contributed by atoms with Crippen LogP contribution in [0.2, 0.25) is 0 Å². The summed E-state index contributed by atoms with van der Waals surface area (Å²) < 4.78 is 2.01. The average molecular weight is 338 g/mol. The molecule has 0 saturated heterocycles. The minimum absolute atomic E-state index is 0.0992. The van der Waals surface area contributed by atoms with Crippen molar-refractivity contribution in [3.63, 3.8) is 0 Å². The van der Waals surface area contributed by atoms with Gasteiger partial charge in [0.1, 0.15) is 5.82 Å². The second-order valence-corrected chi connectivity index (χ2v) is 7.52. The fraction of sp³-hybridized carbons (Fsp3) is 0.500. The van der Waals surface area contributed by atoms with Gasteiger partial charge in [0.2, 0.25) is 0 Å². The number of carbonyl (C=O) groups is 1. The molecule has 4 rings (SSSR count). The van der Waals surface area contributed by atoms with Crippen LogP contribution in [-0.4, -0.2) is 22.1 Å². The van der Waals surface area contributed by atoms with Gasteiger partial charge >= 0.3 is 6.03 Å². The minimum Gasteiger partial charge on any atom is -0.338 e. The Bertz CT molecular complexity index is 735. The molecule has 5 nitrogen and oxygen atoms in total. The molecule has 1 spiro atoms.